The molecule has 1 atom stereocenters. The minimum Gasteiger partial charge on any atom is -0.443 e. The van der Waals surface area contributed by atoms with Gasteiger partial charge in [-0.15, -0.1) is 5.10 Å². The normalized spacial score (nSPS) is 16.4. The van der Waals surface area contributed by atoms with E-state index in [9.17, 15) is 18.8 Å². The first kappa shape index (κ1) is 21.3. The van der Waals surface area contributed by atoms with Crippen LogP contribution in [-0.2, 0) is 14.3 Å². The summed E-state index contributed by atoms with van der Waals surface area (Å²) in [6.07, 6.45) is 2.45. The minimum absolute atomic E-state index is 0.0212. The zero-order valence-corrected chi connectivity index (χ0v) is 17.7. The van der Waals surface area contributed by atoms with E-state index in [1.807, 2.05) is 0 Å². The Balaban J connectivity index is 1.52. The Labute approximate surface area is 182 Å². The summed E-state index contributed by atoms with van der Waals surface area (Å²) in [5.41, 5.74) is 1.07. The highest BCUT2D eigenvalue weighted by Gasteiger charge is 2.42. The molecule has 1 aliphatic rings. The summed E-state index contributed by atoms with van der Waals surface area (Å²) in [5.74, 6) is -1.61. The highest BCUT2D eigenvalue weighted by atomic mass is 19.1. The molecule has 11 heteroatoms. The van der Waals surface area contributed by atoms with Crippen LogP contribution in [0.2, 0.25) is 0 Å². The monoisotopic (exact) mass is 440 g/mol. The predicted molar refractivity (Wildman–Crippen MR) is 111 cm³/mol. The molecule has 1 N–H and O–H groups in total. The molecule has 10 nitrogen and oxygen atoms in total. The van der Waals surface area contributed by atoms with E-state index in [-0.39, 0.29) is 18.8 Å². The van der Waals surface area contributed by atoms with Crippen LogP contribution in [-0.4, -0.2) is 54.0 Å². The number of fused-ring (bicyclic) bond motifs is 1. The molecule has 3 amide bonds. The van der Waals surface area contributed by atoms with E-state index < -0.39 is 35.5 Å². The van der Waals surface area contributed by atoms with Gasteiger partial charge in [0.15, 0.2) is 5.65 Å². The Bertz CT molecular complexity index is 1200. The lowest BCUT2D eigenvalue weighted by molar-refractivity contribution is -0.132. The van der Waals surface area contributed by atoms with Crippen LogP contribution in [0.15, 0.2) is 36.7 Å². The Morgan fingerprint density at radius 1 is 1.19 bits per heavy atom. The third kappa shape index (κ3) is 4.41. The molecule has 0 spiro atoms. The quantitative estimate of drug-likeness (QED) is 0.622. The van der Waals surface area contributed by atoms with Gasteiger partial charge in [0.1, 0.15) is 11.6 Å². The average molecular weight is 440 g/mol. The highest BCUT2D eigenvalue weighted by Crippen LogP contribution is 2.24. The second-order valence-corrected chi connectivity index (χ2v) is 8.31. The topological polar surface area (TPSA) is 119 Å². The van der Waals surface area contributed by atoms with Gasteiger partial charge in [-0.2, -0.15) is 9.37 Å². The largest absolute Gasteiger partial charge is 0.443 e. The Morgan fingerprint density at radius 3 is 2.62 bits per heavy atom. The maximum Gasteiger partial charge on any atom is 0.417 e. The van der Waals surface area contributed by atoms with Crippen LogP contribution >= 0.6 is 0 Å². The first-order valence-corrected chi connectivity index (χ1v) is 9.95. The van der Waals surface area contributed by atoms with E-state index in [4.69, 9.17) is 4.74 Å². The molecular weight excluding hydrogens is 419 g/mol. The van der Waals surface area contributed by atoms with Crippen LogP contribution in [0.1, 0.15) is 33.6 Å². The number of ether oxygens (including phenoxy) is 1. The number of hydrogen-bond acceptors (Lipinski definition) is 7. The van der Waals surface area contributed by atoms with Crippen molar-refractivity contribution in [2.75, 3.05) is 5.32 Å². The third-order valence-corrected chi connectivity index (χ3v) is 4.73. The lowest BCUT2D eigenvalue weighted by Gasteiger charge is -2.26. The number of likely N-dealkylation sites (tertiary alicyclic amines) is 1. The SMILES string of the molecule is CC(C)(C)OC(=O)N1C(=O)CC[C@@H]1C(=O)Nc1nc2ccc(-c3ccc(F)nc3)cn2n1. The Hall–Kier alpha value is -3.89. The molecule has 3 aromatic rings. The van der Waals surface area contributed by atoms with Crippen molar-refractivity contribution >= 4 is 29.5 Å². The van der Waals surface area contributed by atoms with Gasteiger partial charge in [0.05, 0.1) is 0 Å². The summed E-state index contributed by atoms with van der Waals surface area (Å²) in [6, 6.07) is 5.29. The first-order chi connectivity index (χ1) is 15.1. The Morgan fingerprint density at radius 2 is 1.94 bits per heavy atom. The number of pyridine rings is 2. The second kappa shape index (κ2) is 7.98. The lowest BCUT2D eigenvalue weighted by atomic mass is 10.1. The van der Waals surface area contributed by atoms with Crippen molar-refractivity contribution in [3.05, 3.63) is 42.6 Å². The fraction of sp³-hybridized carbons (Fsp3) is 0.333. The summed E-state index contributed by atoms with van der Waals surface area (Å²) in [7, 11) is 0. The van der Waals surface area contributed by atoms with Crippen LogP contribution in [0.3, 0.4) is 0 Å². The molecule has 0 aliphatic carbocycles. The van der Waals surface area contributed by atoms with Crippen molar-refractivity contribution in [3.63, 3.8) is 0 Å². The second-order valence-electron chi connectivity index (χ2n) is 8.31. The van der Waals surface area contributed by atoms with Gasteiger partial charge in [0.2, 0.25) is 23.7 Å². The minimum atomic E-state index is -1.01. The van der Waals surface area contributed by atoms with Crippen molar-refractivity contribution in [2.24, 2.45) is 0 Å². The number of hydrogen-bond donors (Lipinski definition) is 1. The first-order valence-electron chi connectivity index (χ1n) is 9.95. The molecule has 166 valence electrons. The van der Waals surface area contributed by atoms with Crippen molar-refractivity contribution in [1.82, 2.24) is 24.5 Å². The van der Waals surface area contributed by atoms with E-state index >= 15 is 0 Å². The van der Waals surface area contributed by atoms with E-state index in [0.29, 0.717) is 11.2 Å². The zero-order valence-electron chi connectivity index (χ0n) is 17.7. The molecule has 1 aliphatic heterocycles. The van der Waals surface area contributed by atoms with Gasteiger partial charge < -0.3 is 4.74 Å². The molecule has 0 bridgehead atoms. The highest BCUT2D eigenvalue weighted by molar-refractivity contribution is 6.04. The molecule has 3 aromatic heterocycles. The molecule has 0 unspecified atom stereocenters. The summed E-state index contributed by atoms with van der Waals surface area (Å²) in [6.45, 7) is 5.03. The van der Waals surface area contributed by atoms with Gasteiger partial charge in [0, 0.05) is 29.9 Å². The number of anilines is 1. The molecule has 0 saturated carbocycles. The molecule has 32 heavy (non-hydrogen) atoms. The van der Waals surface area contributed by atoms with Crippen molar-refractivity contribution in [1.29, 1.82) is 0 Å². The summed E-state index contributed by atoms with van der Waals surface area (Å²) in [4.78, 5) is 46.1. The molecule has 1 fully saturated rings. The van der Waals surface area contributed by atoms with Gasteiger partial charge >= 0.3 is 6.09 Å². The number of aromatic nitrogens is 4. The molecule has 0 aromatic carbocycles. The molecular formula is C21H21FN6O4. The number of rotatable bonds is 3. The van der Waals surface area contributed by atoms with Crippen molar-refractivity contribution in [2.45, 2.75) is 45.3 Å². The fourth-order valence-electron chi connectivity index (χ4n) is 3.32. The summed E-state index contributed by atoms with van der Waals surface area (Å²) in [5, 5.41) is 6.80. The number of nitrogens with one attached hydrogen (secondary N) is 1. The lowest BCUT2D eigenvalue weighted by Crippen LogP contribution is -2.47. The third-order valence-electron chi connectivity index (χ3n) is 4.73. The predicted octanol–water partition coefficient (Wildman–Crippen LogP) is 2.80. The maximum atomic E-state index is 13.1. The van der Waals surface area contributed by atoms with Crippen LogP contribution in [0, 0.1) is 5.95 Å². The van der Waals surface area contributed by atoms with Crippen LogP contribution in [0.25, 0.3) is 16.8 Å². The fourth-order valence-corrected chi connectivity index (χ4v) is 3.32. The van der Waals surface area contributed by atoms with E-state index in [2.05, 4.69) is 20.4 Å². The van der Waals surface area contributed by atoms with E-state index in [1.54, 1.807) is 45.2 Å². The van der Waals surface area contributed by atoms with Crippen LogP contribution in [0.4, 0.5) is 15.1 Å². The van der Waals surface area contributed by atoms with Crippen molar-refractivity contribution in [3.8, 4) is 11.1 Å². The van der Waals surface area contributed by atoms with Crippen molar-refractivity contribution < 1.29 is 23.5 Å². The number of halogens is 1. The van der Waals surface area contributed by atoms with E-state index in [1.165, 1.54) is 16.8 Å². The van der Waals surface area contributed by atoms with E-state index in [0.717, 1.165) is 10.5 Å². The van der Waals surface area contributed by atoms with Gasteiger partial charge in [-0.3, -0.25) is 14.9 Å². The molecule has 4 rings (SSSR count). The number of amides is 3. The van der Waals surface area contributed by atoms with Gasteiger partial charge in [0.25, 0.3) is 0 Å². The number of imide groups is 1. The molecule has 1 saturated heterocycles. The average Bonchev–Trinajstić information content (AvgIpc) is 3.29. The smallest absolute Gasteiger partial charge is 0.417 e. The van der Waals surface area contributed by atoms with Gasteiger partial charge in [-0.1, -0.05) is 0 Å². The standard InChI is InChI=1S/C21H21FN6O4/c1-21(2,3)32-20(31)28-14(6-9-17(28)29)18(30)25-19-24-16-8-5-13(11-27(16)26-19)12-4-7-15(22)23-10-12/h4-5,7-8,10-11,14H,6,9H2,1-3H3,(H,25,26,30)/t14-/m1/s1. The molecule has 4 heterocycles. The summed E-state index contributed by atoms with van der Waals surface area (Å²) < 4.78 is 19.8. The van der Waals surface area contributed by atoms with Gasteiger partial charge in [-0.05, 0) is 51.5 Å². The summed E-state index contributed by atoms with van der Waals surface area (Å²) >= 11 is 0. The Kier molecular flexibility index (Phi) is 5.33. The number of nitrogens with zero attached hydrogens (tertiary/aromatic N) is 5. The number of carbonyl (C=O) groups excluding carboxylic acids is 3. The molecule has 0 radical (unpaired) electrons. The number of carbonyl (C=O) groups is 3. The van der Waals surface area contributed by atoms with Crippen LogP contribution < -0.4 is 5.32 Å². The zero-order chi connectivity index (χ0) is 23.0. The maximum absolute atomic E-state index is 13.1. The van der Waals surface area contributed by atoms with Crippen LogP contribution in [0.5, 0.6) is 0 Å². The van der Waals surface area contributed by atoms with Gasteiger partial charge in [-0.25, -0.2) is 19.2 Å².